The molecule has 0 atom stereocenters. The number of hydrogen-bond acceptors (Lipinski definition) is 3. The molecule has 0 radical (unpaired) electrons. The number of hydrogen-bond donors (Lipinski definition) is 1. The van der Waals surface area contributed by atoms with Crippen LogP contribution in [0.1, 0.15) is 54.8 Å². The molecule has 0 unspecified atom stereocenters. The maximum atomic E-state index is 11.5. The molecular formula is C24H27ClN2O3. The highest BCUT2D eigenvalue weighted by Gasteiger charge is 2.14. The van der Waals surface area contributed by atoms with Crippen molar-refractivity contribution < 1.29 is 14.3 Å². The van der Waals surface area contributed by atoms with E-state index in [0.717, 1.165) is 53.4 Å². The summed E-state index contributed by atoms with van der Waals surface area (Å²) in [6, 6.07) is 11.5. The van der Waals surface area contributed by atoms with E-state index in [1.54, 1.807) is 0 Å². The van der Waals surface area contributed by atoms with Gasteiger partial charge in [0.05, 0.1) is 24.9 Å². The van der Waals surface area contributed by atoms with E-state index >= 15 is 0 Å². The summed E-state index contributed by atoms with van der Waals surface area (Å²) >= 11 is 6.40. The van der Waals surface area contributed by atoms with Gasteiger partial charge in [0.25, 0.3) is 0 Å². The lowest BCUT2D eigenvalue weighted by molar-refractivity contribution is -0.136. The molecule has 6 heteroatoms. The zero-order valence-corrected chi connectivity index (χ0v) is 18.2. The predicted octanol–water partition coefficient (Wildman–Crippen LogP) is 5.93. The number of halogens is 1. The Balaban J connectivity index is 1.97. The third-order valence-corrected chi connectivity index (χ3v) is 5.31. The summed E-state index contributed by atoms with van der Waals surface area (Å²) in [5, 5.41) is 10.1. The van der Waals surface area contributed by atoms with Crippen LogP contribution in [0.5, 0.6) is 0 Å². The standard InChI is InChI=1S/C24H27ClN2O3/c1-3-4-9-23-26-15-20(27(23)16-19-7-5-6-8-22(19)25)12-18(14-24(28)29)13-21-11-10-17(2)30-21/h5-8,10-12,15H,3-4,9,13-14,16H2,1-2H3,(H,28,29)/b18-12+. The molecule has 0 aliphatic heterocycles. The van der Waals surface area contributed by atoms with Gasteiger partial charge in [0, 0.05) is 17.9 Å². The van der Waals surface area contributed by atoms with Crippen LogP contribution in [0.2, 0.25) is 5.02 Å². The first kappa shape index (κ1) is 21.9. The molecular weight excluding hydrogens is 400 g/mol. The molecule has 0 bridgehead atoms. The van der Waals surface area contributed by atoms with Gasteiger partial charge in [-0.3, -0.25) is 4.79 Å². The van der Waals surface area contributed by atoms with Crippen LogP contribution in [0.3, 0.4) is 0 Å². The SMILES string of the molecule is CCCCc1ncc(/C=C(/CC(=O)O)Cc2ccc(C)o2)n1Cc1ccccc1Cl. The van der Waals surface area contributed by atoms with Crippen molar-refractivity contribution >= 4 is 23.6 Å². The fourth-order valence-corrected chi connectivity index (χ4v) is 3.63. The molecule has 0 saturated carbocycles. The fourth-order valence-electron chi connectivity index (χ4n) is 3.43. The number of carbonyl (C=O) groups is 1. The second-order valence-corrected chi connectivity index (χ2v) is 7.85. The third-order valence-electron chi connectivity index (χ3n) is 4.94. The highest BCUT2D eigenvalue weighted by Crippen LogP contribution is 2.22. The summed E-state index contributed by atoms with van der Waals surface area (Å²) in [7, 11) is 0. The lowest BCUT2D eigenvalue weighted by atomic mass is 10.1. The van der Waals surface area contributed by atoms with Gasteiger partial charge in [-0.1, -0.05) is 43.1 Å². The number of nitrogens with zero attached hydrogens (tertiary/aromatic N) is 2. The van der Waals surface area contributed by atoms with E-state index < -0.39 is 5.97 Å². The zero-order chi connectivity index (χ0) is 21.5. The van der Waals surface area contributed by atoms with E-state index in [4.69, 9.17) is 16.0 Å². The fraction of sp³-hybridized carbons (Fsp3) is 0.333. The van der Waals surface area contributed by atoms with Crippen LogP contribution in [0.15, 0.2) is 52.6 Å². The molecule has 5 nitrogen and oxygen atoms in total. The van der Waals surface area contributed by atoms with Gasteiger partial charge in [-0.05, 0) is 48.8 Å². The Morgan fingerprint density at radius 2 is 2.07 bits per heavy atom. The van der Waals surface area contributed by atoms with Gasteiger partial charge in [-0.15, -0.1) is 0 Å². The van der Waals surface area contributed by atoms with Gasteiger partial charge in [-0.25, -0.2) is 4.98 Å². The minimum Gasteiger partial charge on any atom is -0.481 e. The molecule has 158 valence electrons. The number of rotatable bonds is 10. The molecule has 2 heterocycles. The Labute approximate surface area is 182 Å². The molecule has 2 aromatic heterocycles. The summed E-state index contributed by atoms with van der Waals surface area (Å²) in [5.74, 6) is 1.67. The van der Waals surface area contributed by atoms with Crippen LogP contribution in [0, 0.1) is 6.92 Å². The third kappa shape index (κ3) is 5.86. The van der Waals surface area contributed by atoms with Gasteiger partial charge in [0.1, 0.15) is 17.3 Å². The van der Waals surface area contributed by atoms with Crippen molar-refractivity contribution in [1.29, 1.82) is 0 Å². The second kappa shape index (κ2) is 10.3. The topological polar surface area (TPSA) is 68.3 Å². The van der Waals surface area contributed by atoms with Crippen molar-refractivity contribution in [2.45, 2.75) is 52.5 Å². The Bertz CT molecular complexity index is 1030. The van der Waals surface area contributed by atoms with Gasteiger partial charge in [-0.2, -0.15) is 0 Å². The van der Waals surface area contributed by atoms with Gasteiger partial charge in [0.15, 0.2) is 0 Å². The lowest BCUT2D eigenvalue weighted by Crippen LogP contribution is -2.08. The summed E-state index contributed by atoms with van der Waals surface area (Å²) in [6.07, 6.45) is 7.11. The Hall–Kier alpha value is -2.79. The van der Waals surface area contributed by atoms with E-state index in [1.165, 1.54) is 0 Å². The van der Waals surface area contributed by atoms with Crippen molar-refractivity contribution in [2.75, 3.05) is 0 Å². The Morgan fingerprint density at radius 3 is 2.73 bits per heavy atom. The zero-order valence-electron chi connectivity index (χ0n) is 17.4. The highest BCUT2D eigenvalue weighted by molar-refractivity contribution is 6.31. The van der Waals surface area contributed by atoms with Crippen LogP contribution < -0.4 is 0 Å². The van der Waals surface area contributed by atoms with E-state index in [9.17, 15) is 9.90 Å². The molecule has 1 N–H and O–H groups in total. The van der Waals surface area contributed by atoms with Crippen molar-refractivity contribution in [2.24, 2.45) is 0 Å². The Kier molecular flexibility index (Phi) is 7.52. The number of aryl methyl sites for hydroxylation is 2. The maximum absolute atomic E-state index is 11.5. The van der Waals surface area contributed by atoms with Crippen molar-refractivity contribution in [1.82, 2.24) is 9.55 Å². The molecule has 0 aliphatic rings. The molecule has 3 aromatic rings. The number of benzene rings is 1. The summed E-state index contributed by atoms with van der Waals surface area (Å²) in [5.41, 5.74) is 2.64. The first-order valence-corrected chi connectivity index (χ1v) is 10.6. The van der Waals surface area contributed by atoms with E-state index in [1.807, 2.05) is 55.6 Å². The smallest absolute Gasteiger partial charge is 0.307 e. The number of aliphatic carboxylic acids is 1. The average Bonchev–Trinajstić information content (AvgIpc) is 3.27. The number of unbranched alkanes of at least 4 members (excludes halogenated alkanes) is 1. The van der Waals surface area contributed by atoms with Crippen LogP contribution in [0.4, 0.5) is 0 Å². The monoisotopic (exact) mass is 426 g/mol. The van der Waals surface area contributed by atoms with E-state index in [-0.39, 0.29) is 6.42 Å². The number of imidazole rings is 1. The van der Waals surface area contributed by atoms with E-state index in [0.29, 0.717) is 18.0 Å². The molecule has 3 rings (SSSR count). The summed E-state index contributed by atoms with van der Waals surface area (Å²) in [6.45, 7) is 4.62. The summed E-state index contributed by atoms with van der Waals surface area (Å²) < 4.78 is 7.79. The van der Waals surface area contributed by atoms with Crippen LogP contribution in [-0.4, -0.2) is 20.6 Å². The molecule has 0 fully saturated rings. The van der Waals surface area contributed by atoms with Crippen LogP contribution in [-0.2, 0) is 24.2 Å². The largest absolute Gasteiger partial charge is 0.481 e. The Morgan fingerprint density at radius 1 is 1.27 bits per heavy atom. The predicted molar refractivity (Wildman–Crippen MR) is 119 cm³/mol. The highest BCUT2D eigenvalue weighted by atomic mass is 35.5. The molecule has 1 aromatic carbocycles. The molecule has 0 saturated heterocycles. The van der Waals surface area contributed by atoms with Gasteiger partial charge in [0.2, 0.25) is 0 Å². The number of aromatic nitrogens is 2. The lowest BCUT2D eigenvalue weighted by Gasteiger charge is -2.13. The van der Waals surface area contributed by atoms with Gasteiger partial charge < -0.3 is 14.1 Å². The normalized spacial score (nSPS) is 11.8. The number of carboxylic acid groups (broad SMARTS) is 1. The first-order chi connectivity index (χ1) is 14.5. The van der Waals surface area contributed by atoms with Crippen LogP contribution >= 0.6 is 11.6 Å². The second-order valence-electron chi connectivity index (χ2n) is 7.44. The summed E-state index contributed by atoms with van der Waals surface area (Å²) in [4.78, 5) is 16.1. The van der Waals surface area contributed by atoms with Gasteiger partial charge >= 0.3 is 5.97 Å². The number of carboxylic acids is 1. The van der Waals surface area contributed by atoms with Crippen molar-refractivity contribution in [3.05, 3.63) is 81.8 Å². The maximum Gasteiger partial charge on any atom is 0.307 e. The van der Waals surface area contributed by atoms with Crippen molar-refractivity contribution in [3.8, 4) is 0 Å². The molecule has 0 aliphatic carbocycles. The quantitative estimate of drug-likeness (QED) is 0.436. The average molecular weight is 427 g/mol. The molecule has 0 spiro atoms. The first-order valence-electron chi connectivity index (χ1n) is 10.2. The van der Waals surface area contributed by atoms with E-state index in [2.05, 4.69) is 16.5 Å². The van der Waals surface area contributed by atoms with Crippen molar-refractivity contribution in [3.63, 3.8) is 0 Å². The van der Waals surface area contributed by atoms with Crippen LogP contribution in [0.25, 0.3) is 6.08 Å². The minimum atomic E-state index is -0.868. The molecule has 30 heavy (non-hydrogen) atoms. The minimum absolute atomic E-state index is 0.0543. The number of furan rings is 1. The molecule has 0 amide bonds.